The summed E-state index contributed by atoms with van der Waals surface area (Å²) in [5.74, 6) is 1.83. The van der Waals surface area contributed by atoms with Gasteiger partial charge in [-0.15, -0.1) is 0 Å². The van der Waals surface area contributed by atoms with Crippen LogP contribution < -0.4 is 4.74 Å². The number of fused-ring (bicyclic) bond motifs is 1. The lowest BCUT2D eigenvalue weighted by atomic mass is 9.86. The second-order valence-electron chi connectivity index (χ2n) is 8.20. The molecule has 1 aromatic carbocycles. The Balaban J connectivity index is 1.51. The Labute approximate surface area is 155 Å². The number of carbonyl (C=O) groups is 1. The maximum Gasteiger partial charge on any atom is 0.268 e. The molecule has 1 saturated carbocycles. The van der Waals surface area contributed by atoms with Gasteiger partial charge in [-0.1, -0.05) is 26.0 Å². The fourth-order valence-corrected chi connectivity index (χ4v) is 3.86. The number of hydrogen-bond donors (Lipinski definition) is 0. The lowest BCUT2D eigenvalue weighted by Gasteiger charge is -2.25. The van der Waals surface area contributed by atoms with Crippen LogP contribution in [0, 0.1) is 11.8 Å². The van der Waals surface area contributed by atoms with E-state index in [0.29, 0.717) is 12.0 Å². The lowest BCUT2D eigenvalue weighted by Crippen LogP contribution is -2.40. The molecule has 2 aliphatic heterocycles. The molecule has 0 bridgehead atoms. The Bertz CT molecular complexity index is 729. The van der Waals surface area contributed by atoms with Gasteiger partial charge < -0.3 is 9.64 Å². The predicted molar refractivity (Wildman–Crippen MR) is 104 cm³/mol. The largest absolute Gasteiger partial charge is 0.490 e. The highest BCUT2D eigenvalue weighted by Gasteiger charge is 2.33. The third-order valence-corrected chi connectivity index (χ3v) is 5.34. The van der Waals surface area contributed by atoms with Gasteiger partial charge in [-0.3, -0.25) is 9.79 Å². The van der Waals surface area contributed by atoms with Gasteiger partial charge in [0.1, 0.15) is 11.5 Å². The number of carbonyl (C=O) groups excluding carboxylic acids is 1. The number of hydrogen-bond acceptors (Lipinski definition) is 3. The molecule has 4 nitrogen and oxygen atoms in total. The predicted octanol–water partition coefficient (Wildman–Crippen LogP) is 4.31. The molecule has 1 saturated heterocycles. The number of ether oxygens (including phenoxy) is 1. The molecule has 1 unspecified atom stereocenters. The number of aliphatic imine (C=N–C) groups is 1. The lowest BCUT2D eigenvalue weighted by molar-refractivity contribution is -0.124. The van der Waals surface area contributed by atoms with E-state index in [1.165, 1.54) is 24.0 Å². The van der Waals surface area contributed by atoms with Gasteiger partial charge in [0, 0.05) is 25.2 Å². The SMILES string of the molecule is CC(C)CN1CCCC2CC(c3ccc(OC4CC4)cc3)=CN=C2C1=O. The van der Waals surface area contributed by atoms with Crippen molar-refractivity contribution in [2.24, 2.45) is 16.8 Å². The minimum atomic E-state index is 0.143. The highest BCUT2D eigenvalue weighted by molar-refractivity contribution is 6.40. The van der Waals surface area contributed by atoms with Crippen molar-refractivity contribution in [2.45, 2.75) is 52.1 Å². The first-order valence-electron chi connectivity index (χ1n) is 9.93. The van der Waals surface area contributed by atoms with Crippen LogP contribution in [0.1, 0.15) is 51.5 Å². The van der Waals surface area contributed by atoms with Crippen LogP contribution in [0.3, 0.4) is 0 Å². The molecule has 2 heterocycles. The van der Waals surface area contributed by atoms with E-state index in [1.54, 1.807) is 0 Å². The first kappa shape index (κ1) is 17.3. The molecular weight excluding hydrogens is 324 g/mol. The van der Waals surface area contributed by atoms with Crippen molar-refractivity contribution in [3.8, 4) is 5.75 Å². The van der Waals surface area contributed by atoms with Crippen LogP contribution in [-0.2, 0) is 4.79 Å². The van der Waals surface area contributed by atoms with Crippen molar-refractivity contribution < 1.29 is 9.53 Å². The van der Waals surface area contributed by atoms with Crippen LogP contribution in [0.15, 0.2) is 35.5 Å². The third-order valence-electron chi connectivity index (χ3n) is 5.34. The van der Waals surface area contributed by atoms with E-state index in [2.05, 4.69) is 43.1 Å². The van der Waals surface area contributed by atoms with E-state index in [-0.39, 0.29) is 11.8 Å². The second-order valence-corrected chi connectivity index (χ2v) is 8.20. The van der Waals surface area contributed by atoms with Crippen molar-refractivity contribution in [3.05, 3.63) is 36.0 Å². The molecule has 0 aromatic heterocycles. The smallest absolute Gasteiger partial charge is 0.268 e. The number of allylic oxidation sites excluding steroid dienone is 1. The summed E-state index contributed by atoms with van der Waals surface area (Å²) in [4.78, 5) is 19.5. The van der Waals surface area contributed by atoms with Gasteiger partial charge in [-0.05, 0) is 61.3 Å². The van der Waals surface area contributed by atoms with Gasteiger partial charge in [-0.2, -0.15) is 0 Å². The van der Waals surface area contributed by atoms with Crippen LogP contribution in [-0.4, -0.2) is 35.7 Å². The monoisotopic (exact) mass is 352 g/mol. The molecule has 3 aliphatic rings. The summed E-state index contributed by atoms with van der Waals surface area (Å²) in [7, 11) is 0. The van der Waals surface area contributed by atoms with Crippen molar-refractivity contribution in [2.75, 3.05) is 13.1 Å². The van der Waals surface area contributed by atoms with E-state index in [4.69, 9.17) is 4.74 Å². The van der Waals surface area contributed by atoms with Crippen molar-refractivity contribution in [1.82, 2.24) is 4.90 Å². The van der Waals surface area contributed by atoms with Crippen LogP contribution in [0.4, 0.5) is 0 Å². The highest BCUT2D eigenvalue weighted by Crippen LogP contribution is 2.34. The fraction of sp³-hybridized carbons (Fsp3) is 0.545. The Morgan fingerprint density at radius 3 is 2.65 bits per heavy atom. The minimum absolute atomic E-state index is 0.143. The number of benzene rings is 1. The molecule has 26 heavy (non-hydrogen) atoms. The third kappa shape index (κ3) is 3.84. The van der Waals surface area contributed by atoms with Gasteiger partial charge in [0.25, 0.3) is 5.91 Å². The Kier molecular flexibility index (Phi) is 4.84. The topological polar surface area (TPSA) is 41.9 Å². The summed E-state index contributed by atoms with van der Waals surface area (Å²) in [5, 5.41) is 0. The first-order valence-corrected chi connectivity index (χ1v) is 9.93. The summed E-state index contributed by atoms with van der Waals surface area (Å²) in [6.45, 7) is 6.00. The maximum absolute atomic E-state index is 12.9. The zero-order chi connectivity index (χ0) is 18.1. The van der Waals surface area contributed by atoms with Crippen molar-refractivity contribution >= 4 is 17.2 Å². The standard InChI is InChI=1S/C22H28N2O2/c1-15(2)14-24-11-3-4-17-12-18(13-23-21(17)22(24)25)16-5-7-19(8-6-16)26-20-9-10-20/h5-8,13,15,17,20H,3-4,9-12,14H2,1-2H3. The van der Waals surface area contributed by atoms with E-state index < -0.39 is 0 Å². The van der Waals surface area contributed by atoms with E-state index in [0.717, 1.165) is 43.8 Å². The van der Waals surface area contributed by atoms with Crippen LogP contribution in [0.5, 0.6) is 5.75 Å². The van der Waals surface area contributed by atoms with Crippen LogP contribution in [0.2, 0.25) is 0 Å². The zero-order valence-corrected chi connectivity index (χ0v) is 15.8. The minimum Gasteiger partial charge on any atom is -0.490 e. The average molecular weight is 352 g/mol. The van der Waals surface area contributed by atoms with E-state index in [9.17, 15) is 4.79 Å². The Morgan fingerprint density at radius 1 is 1.19 bits per heavy atom. The number of likely N-dealkylation sites (tertiary alicyclic amines) is 1. The first-order chi connectivity index (χ1) is 12.6. The summed E-state index contributed by atoms with van der Waals surface area (Å²) < 4.78 is 5.83. The Hall–Kier alpha value is -2.10. The molecule has 1 aliphatic carbocycles. The molecule has 4 rings (SSSR count). The molecule has 138 valence electrons. The van der Waals surface area contributed by atoms with Gasteiger partial charge in [0.05, 0.1) is 6.10 Å². The molecule has 4 heteroatoms. The number of nitrogens with zero attached hydrogens (tertiary/aromatic N) is 2. The summed E-state index contributed by atoms with van der Waals surface area (Å²) in [5.41, 5.74) is 3.18. The molecule has 1 atom stereocenters. The molecule has 1 aromatic rings. The quantitative estimate of drug-likeness (QED) is 0.792. The van der Waals surface area contributed by atoms with E-state index in [1.807, 2.05) is 11.1 Å². The summed E-state index contributed by atoms with van der Waals surface area (Å²) in [6, 6.07) is 8.34. The highest BCUT2D eigenvalue weighted by atomic mass is 16.5. The van der Waals surface area contributed by atoms with Gasteiger partial charge >= 0.3 is 0 Å². The van der Waals surface area contributed by atoms with Crippen LogP contribution in [0.25, 0.3) is 5.57 Å². The fourth-order valence-electron chi connectivity index (χ4n) is 3.86. The molecule has 2 fully saturated rings. The van der Waals surface area contributed by atoms with Gasteiger partial charge in [0.15, 0.2) is 0 Å². The molecule has 0 spiro atoms. The molecule has 0 N–H and O–H groups in total. The normalized spacial score (nSPS) is 23.3. The molecule has 1 amide bonds. The van der Waals surface area contributed by atoms with Gasteiger partial charge in [-0.25, -0.2) is 0 Å². The summed E-state index contributed by atoms with van der Waals surface area (Å²) in [6.07, 6.45) is 7.68. The zero-order valence-electron chi connectivity index (χ0n) is 15.8. The molecule has 0 radical (unpaired) electrons. The van der Waals surface area contributed by atoms with Gasteiger partial charge in [0.2, 0.25) is 0 Å². The number of amides is 1. The van der Waals surface area contributed by atoms with Crippen molar-refractivity contribution in [1.29, 1.82) is 0 Å². The van der Waals surface area contributed by atoms with E-state index >= 15 is 0 Å². The Morgan fingerprint density at radius 2 is 1.96 bits per heavy atom. The van der Waals surface area contributed by atoms with Crippen molar-refractivity contribution in [3.63, 3.8) is 0 Å². The molecular formula is C22H28N2O2. The van der Waals surface area contributed by atoms with Crippen LogP contribution >= 0.6 is 0 Å². The number of rotatable bonds is 5. The maximum atomic E-state index is 12.9. The average Bonchev–Trinajstić information content (AvgIpc) is 3.45. The summed E-state index contributed by atoms with van der Waals surface area (Å²) >= 11 is 0. The second kappa shape index (κ2) is 7.26.